The molecule has 7 heteroatoms. The van der Waals surface area contributed by atoms with E-state index >= 15 is 0 Å². The van der Waals surface area contributed by atoms with Crippen molar-refractivity contribution in [3.63, 3.8) is 0 Å². The average Bonchev–Trinajstić information content (AvgIpc) is 2.99. The zero-order valence-electron chi connectivity index (χ0n) is 20.1. The molecule has 6 nitrogen and oxygen atoms in total. The van der Waals surface area contributed by atoms with Crippen LogP contribution < -0.4 is 56.5 Å². The van der Waals surface area contributed by atoms with E-state index in [2.05, 4.69) is 13.8 Å². The average molecular weight is 471 g/mol. The van der Waals surface area contributed by atoms with Gasteiger partial charge in [-0.3, -0.25) is 9.59 Å². The summed E-state index contributed by atoms with van der Waals surface area (Å²) in [6.45, 7) is 6.39. The number of aliphatic carboxylic acids is 1. The summed E-state index contributed by atoms with van der Waals surface area (Å²) in [5.74, 6) is -1.28. The summed E-state index contributed by atoms with van der Waals surface area (Å²) in [5, 5.41) is 22.7. The van der Waals surface area contributed by atoms with Gasteiger partial charge >= 0.3 is 57.4 Å². The van der Waals surface area contributed by atoms with Gasteiger partial charge in [0.15, 0.2) is 5.78 Å². The molecular formula is C25H35KO6. The molecule has 0 saturated heterocycles. The molecule has 4 rings (SSSR count). The van der Waals surface area contributed by atoms with E-state index in [1.807, 2.05) is 6.92 Å². The Labute approximate surface area is 233 Å². The number of carboxylic acids is 1. The largest absolute Gasteiger partial charge is 1.00 e. The minimum absolute atomic E-state index is 0. The molecule has 0 aromatic heterocycles. The van der Waals surface area contributed by atoms with Crippen molar-refractivity contribution < 1.29 is 80.7 Å². The van der Waals surface area contributed by atoms with Crippen LogP contribution in [0.15, 0.2) is 11.6 Å². The molecular weight excluding hydrogens is 435 g/mol. The minimum atomic E-state index is -1.14. The molecule has 0 aromatic carbocycles. The van der Waals surface area contributed by atoms with Crippen LogP contribution in [-0.4, -0.2) is 35.5 Å². The maximum absolute atomic E-state index is 13.1. The molecule has 172 valence electrons. The van der Waals surface area contributed by atoms with Gasteiger partial charge in [0.25, 0.3) is 0 Å². The Bertz CT molecular complexity index is 838. The van der Waals surface area contributed by atoms with E-state index in [0.29, 0.717) is 12.8 Å². The smallest absolute Gasteiger partial charge is 0.550 e. The second-order valence-electron chi connectivity index (χ2n) is 11.0. The van der Waals surface area contributed by atoms with Crippen molar-refractivity contribution in [3.8, 4) is 0 Å². The van der Waals surface area contributed by atoms with Crippen LogP contribution in [-0.2, 0) is 19.1 Å². The third-order valence-electron chi connectivity index (χ3n) is 10.00. The zero-order chi connectivity index (χ0) is 22.8. The number of carbonyl (C=O) groups excluding carboxylic acids is 3. The van der Waals surface area contributed by atoms with Gasteiger partial charge in [-0.2, -0.15) is 0 Å². The Kier molecular flexibility index (Phi) is 7.63. The van der Waals surface area contributed by atoms with Crippen LogP contribution in [0.25, 0.3) is 0 Å². The minimum Gasteiger partial charge on any atom is -0.550 e. The number of rotatable bonds is 4. The number of ketones is 1. The van der Waals surface area contributed by atoms with Gasteiger partial charge in [0.1, 0.15) is 0 Å². The number of allylic oxidation sites excluding steroid dienone is 1. The fourth-order valence-electron chi connectivity index (χ4n) is 8.28. The number of fused-ring (bicyclic) bond motifs is 5. The van der Waals surface area contributed by atoms with Gasteiger partial charge in [0, 0.05) is 12.4 Å². The van der Waals surface area contributed by atoms with Gasteiger partial charge in [-0.15, -0.1) is 0 Å². The number of esters is 1. The van der Waals surface area contributed by atoms with E-state index in [1.54, 1.807) is 6.08 Å². The molecule has 4 aliphatic rings. The number of carbonyl (C=O) groups is 3. The quantitative estimate of drug-likeness (QED) is 0.436. The summed E-state index contributed by atoms with van der Waals surface area (Å²) < 4.78 is 5.26. The SMILES string of the molecule is COC(=O)[C@H]1[C@@H]2[C@H](CC[C@@]3(C)[C@H]2CC[C@@]3(O)CCC(=O)[O-])[C@@]2(C)CCC(=O)C=C2[C@@H]1C.[K+]. The first-order valence-electron chi connectivity index (χ1n) is 11.7. The van der Waals surface area contributed by atoms with Crippen LogP contribution in [0.2, 0.25) is 0 Å². The van der Waals surface area contributed by atoms with Gasteiger partial charge in [-0.1, -0.05) is 26.3 Å². The zero-order valence-corrected chi connectivity index (χ0v) is 23.2. The van der Waals surface area contributed by atoms with E-state index in [-0.39, 0.29) is 111 Å². The maximum atomic E-state index is 13.1. The fraction of sp³-hybridized carbons (Fsp3) is 0.800. The predicted molar refractivity (Wildman–Crippen MR) is 111 cm³/mol. The van der Waals surface area contributed by atoms with E-state index in [0.717, 1.165) is 31.3 Å². The summed E-state index contributed by atoms with van der Waals surface area (Å²) >= 11 is 0. The molecule has 3 fully saturated rings. The van der Waals surface area contributed by atoms with Crippen LogP contribution in [0, 0.1) is 40.4 Å². The van der Waals surface area contributed by atoms with Crippen molar-refractivity contribution in [2.75, 3.05) is 7.11 Å². The summed E-state index contributed by atoms with van der Waals surface area (Å²) in [5.41, 5.74) is -0.548. The first-order chi connectivity index (χ1) is 14.5. The first-order valence-corrected chi connectivity index (χ1v) is 11.7. The van der Waals surface area contributed by atoms with Crippen LogP contribution in [0.5, 0.6) is 0 Å². The Hall–Kier alpha value is -0.0536. The van der Waals surface area contributed by atoms with E-state index in [4.69, 9.17) is 4.74 Å². The van der Waals surface area contributed by atoms with Crippen molar-refractivity contribution in [1.82, 2.24) is 0 Å². The van der Waals surface area contributed by atoms with Crippen LogP contribution >= 0.6 is 0 Å². The Balaban J connectivity index is 0.00000289. The third kappa shape index (κ3) is 3.83. The van der Waals surface area contributed by atoms with Gasteiger partial charge in [-0.05, 0) is 85.5 Å². The Morgan fingerprint density at radius 1 is 1.19 bits per heavy atom. The number of aliphatic hydroxyl groups is 1. The molecule has 1 N–H and O–H groups in total. The van der Waals surface area contributed by atoms with Gasteiger partial charge < -0.3 is 19.7 Å². The third-order valence-corrected chi connectivity index (χ3v) is 10.00. The summed E-state index contributed by atoms with van der Waals surface area (Å²) in [4.78, 5) is 36.5. The first kappa shape index (κ1) is 26.5. The van der Waals surface area contributed by atoms with Gasteiger partial charge in [0.2, 0.25) is 0 Å². The number of hydrogen-bond donors (Lipinski definition) is 1. The van der Waals surface area contributed by atoms with Crippen LogP contribution in [0.3, 0.4) is 0 Å². The maximum Gasteiger partial charge on any atom is 1.00 e. The molecule has 0 heterocycles. The standard InChI is InChI=1S/C25H36O6.K/c1-14-18-13-15(26)5-9-23(18,2)16-6-10-24(3)17(21(16)20(14)22(29)31-4)7-11-25(24,30)12-8-19(27)28;/h13-14,16-17,20-21,30H,5-12H2,1-4H3,(H,27,28);/q;+1/p-1/t14-,16-,17-,20+,21+,23+,24-,25+;/m0./s1. The number of hydrogen-bond acceptors (Lipinski definition) is 6. The molecule has 0 amide bonds. The number of methoxy groups -OCH3 is 1. The predicted octanol–water partition coefficient (Wildman–Crippen LogP) is -0.571. The molecule has 0 spiro atoms. The molecule has 8 atom stereocenters. The Morgan fingerprint density at radius 2 is 1.84 bits per heavy atom. The summed E-state index contributed by atoms with van der Waals surface area (Å²) in [6.07, 6.45) is 6.13. The molecule has 0 aliphatic heterocycles. The fourth-order valence-corrected chi connectivity index (χ4v) is 8.28. The van der Waals surface area contributed by atoms with Gasteiger partial charge in [0.05, 0.1) is 18.6 Å². The van der Waals surface area contributed by atoms with Crippen molar-refractivity contribution in [3.05, 3.63) is 11.6 Å². The number of carboxylic acid groups (broad SMARTS) is 1. The van der Waals surface area contributed by atoms with Crippen LogP contribution in [0.4, 0.5) is 0 Å². The molecule has 0 aromatic rings. The van der Waals surface area contributed by atoms with Crippen molar-refractivity contribution in [2.45, 2.75) is 77.7 Å². The van der Waals surface area contributed by atoms with Crippen LogP contribution in [0.1, 0.15) is 72.1 Å². The van der Waals surface area contributed by atoms with Crippen molar-refractivity contribution >= 4 is 17.7 Å². The van der Waals surface area contributed by atoms with E-state index < -0.39 is 17.0 Å². The topological polar surface area (TPSA) is 104 Å². The second kappa shape index (κ2) is 9.19. The molecule has 32 heavy (non-hydrogen) atoms. The molecule has 0 radical (unpaired) electrons. The van der Waals surface area contributed by atoms with Gasteiger partial charge in [-0.25, -0.2) is 0 Å². The Morgan fingerprint density at radius 3 is 2.47 bits per heavy atom. The molecule has 3 saturated carbocycles. The molecule has 0 bridgehead atoms. The van der Waals surface area contributed by atoms with Crippen molar-refractivity contribution in [2.24, 2.45) is 40.4 Å². The van der Waals surface area contributed by atoms with Crippen molar-refractivity contribution in [1.29, 1.82) is 0 Å². The van der Waals surface area contributed by atoms with E-state index in [9.17, 15) is 24.6 Å². The molecule has 0 unspecified atom stereocenters. The monoisotopic (exact) mass is 470 g/mol. The summed E-state index contributed by atoms with van der Waals surface area (Å²) in [7, 11) is 1.42. The molecule has 4 aliphatic carbocycles. The van der Waals surface area contributed by atoms with E-state index in [1.165, 1.54) is 7.11 Å². The number of ether oxygens (including phenoxy) is 1. The second-order valence-corrected chi connectivity index (χ2v) is 11.0. The normalized spacial score (nSPS) is 45.0. The summed E-state index contributed by atoms with van der Waals surface area (Å²) in [6, 6.07) is 0.